The van der Waals surface area contributed by atoms with Gasteiger partial charge in [-0.3, -0.25) is 19.0 Å². The van der Waals surface area contributed by atoms with Gasteiger partial charge < -0.3 is 20.4 Å². The van der Waals surface area contributed by atoms with Crippen LogP contribution in [0.5, 0.6) is 0 Å². The Morgan fingerprint density at radius 2 is 1.61 bits per heavy atom. The Labute approximate surface area is 246 Å². The number of benzene rings is 3. The highest BCUT2D eigenvalue weighted by atomic mass is 19.2. The van der Waals surface area contributed by atoms with E-state index in [1.54, 1.807) is 18.2 Å². The lowest BCUT2D eigenvalue weighted by molar-refractivity contribution is -0.136. The predicted molar refractivity (Wildman–Crippen MR) is 146 cm³/mol. The molecule has 230 valence electrons. The lowest BCUT2D eigenvalue weighted by atomic mass is 9.98. The van der Waals surface area contributed by atoms with Crippen LogP contribution in [0.2, 0.25) is 0 Å². The van der Waals surface area contributed by atoms with Gasteiger partial charge in [-0.1, -0.05) is 36.4 Å². The smallest absolute Gasteiger partial charge is 0.326 e. The summed E-state index contributed by atoms with van der Waals surface area (Å²) in [5.41, 5.74) is 2.96. The number of primary amides is 1. The summed E-state index contributed by atoms with van der Waals surface area (Å²) >= 11 is 0. The summed E-state index contributed by atoms with van der Waals surface area (Å²) in [7, 11) is 0. The number of amides is 2. The number of halogens is 5. The van der Waals surface area contributed by atoms with Crippen LogP contribution in [-0.4, -0.2) is 57.8 Å². The number of nitrogens with zero attached hydrogens (tertiary/aromatic N) is 2. The first kappa shape index (κ1) is 30.6. The van der Waals surface area contributed by atoms with Crippen molar-refractivity contribution in [2.45, 2.75) is 31.9 Å². The van der Waals surface area contributed by atoms with Gasteiger partial charge in [0.05, 0.1) is 36.6 Å². The monoisotopic (exact) mass is 616 g/mol. The summed E-state index contributed by atoms with van der Waals surface area (Å²) in [6.45, 7) is -1.05. The number of H-pyrrole nitrogens is 1. The quantitative estimate of drug-likeness (QED) is 0.122. The number of carbonyl (C=O) groups is 3. The van der Waals surface area contributed by atoms with Crippen molar-refractivity contribution >= 4 is 28.6 Å². The van der Waals surface area contributed by atoms with Gasteiger partial charge >= 0.3 is 5.69 Å². The van der Waals surface area contributed by atoms with E-state index in [4.69, 9.17) is 10.5 Å². The maximum Gasteiger partial charge on any atom is 0.326 e. The third-order valence-corrected chi connectivity index (χ3v) is 7.40. The zero-order valence-electron chi connectivity index (χ0n) is 23.0. The van der Waals surface area contributed by atoms with E-state index < -0.39 is 77.4 Å². The van der Waals surface area contributed by atoms with E-state index in [0.717, 1.165) is 6.42 Å². The largest absolute Gasteiger partial charge is 0.376 e. The Balaban J connectivity index is 1.64. The third kappa shape index (κ3) is 5.84. The Hall–Kier alpha value is -4.85. The summed E-state index contributed by atoms with van der Waals surface area (Å²) in [6.07, 6.45) is 0.574. The number of ether oxygens (including phenoxy) is 1. The van der Waals surface area contributed by atoms with E-state index >= 15 is 0 Å². The average molecular weight is 617 g/mol. The van der Waals surface area contributed by atoms with E-state index in [0.29, 0.717) is 17.6 Å². The first-order valence-corrected chi connectivity index (χ1v) is 13.5. The van der Waals surface area contributed by atoms with E-state index in [9.17, 15) is 41.1 Å². The summed E-state index contributed by atoms with van der Waals surface area (Å²) in [4.78, 5) is 55.4. The fraction of sp³-hybridized carbons (Fsp3) is 0.267. The Bertz CT molecular complexity index is 1800. The molecule has 0 bridgehead atoms. The minimum Gasteiger partial charge on any atom is -0.376 e. The van der Waals surface area contributed by atoms with Gasteiger partial charge in [0.25, 0.3) is 0 Å². The maximum absolute atomic E-state index is 14.7. The molecule has 44 heavy (non-hydrogen) atoms. The van der Waals surface area contributed by atoms with Gasteiger partial charge in [0, 0.05) is 29.8 Å². The number of imidazole rings is 1. The molecule has 1 unspecified atom stereocenters. The first-order chi connectivity index (χ1) is 21.0. The van der Waals surface area contributed by atoms with Gasteiger partial charge in [-0.25, -0.2) is 26.7 Å². The third-order valence-electron chi connectivity index (χ3n) is 7.40. The second kappa shape index (κ2) is 12.4. The summed E-state index contributed by atoms with van der Waals surface area (Å²) in [6, 6.07) is 10.6. The van der Waals surface area contributed by atoms with E-state index in [-0.39, 0.29) is 40.4 Å². The molecular formula is C30H25F5N4O5. The number of rotatable bonds is 10. The van der Waals surface area contributed by atoms with Gasteiger partial charge in [0.2, 0.25) is 17.6 Å². The number of fused-ring (bicyclic) bond motifs is 1. The number of nitrogens with two attached hydrogens (primary N) is 1. The van der Waals surface area contributed by atoms with Gasteiger partial charge in [0.15, 0.2) is 29.1 Å². The molecule has 4 aromatic rings. The first-order valence-electron chi connectivity index (χ1n) is 13.5. The standard InChI is InChI=1S/C30H25F5N4O5/c31-22-19(23(32)25(34)26(35)24(22)33)13-39-28-16(11-21(41)38(14-20(36)40)12-17-7-4-10-44-17)8-9-18(27(28)37-30(39)43)29(42)15-5-2-1-3-6-15/h1-3,5-6,8-9,17H,4,7,10-14H2,(H2,36,40)(H,37,43). The van der Waals surface area contributed by atoms with Crippen LogP contribution in [0, 0.1) is 29.1 Å². The Kier molecular flexibility index (Phi) is 8.63. The van der Waals surface area contributed by atoms with E-state index in [1.165, 1.54) is 29.2 Å². The molecule has 0 saturated carbocycles. The highest BCUT2D eigenvalue weighted by Crippen LogP contribution is 2.28. The van der Waals surface area contributed by atoms with Crippen LogP contribution in [0.1, 0.15) is 39.9 Å². The van der Waals surface area contributed by atoms with Crippen LogP contribution in [0.25, 0.3) is 11.0 Å². The molecule has 0 spiro atoms. The van der Waals surface area contributed by atoms with Crippen molar-refractivity contribution in [3.63, 3.8) is 0 Å². The number of carbonyl (C=O) groups excluding carboxylic acids is 3. The second-order valence-corrected chi connectivity index (χ2v) is 10.3. The van der Waals surface area contributed by atoms with E-state index in [1.807, 2.05) is 0 Å². The van der Waals surface area contributed by atoms with Gasteiger partial charge in [-0.2, -0.15) is 0 Å². The van der Waals surface area contributed by atoms with Crippen molar-refractivity contribution in [1.29, 1.82) is 0 Å². The molecule has 3 aromatic carbocycles. The number of hydrogen-bond acceptors (Lipinski definition) is 5. The van der Waals surface area contributed by atoms with Crippen LogP contribution in [-0.2, 0) is 27.3 Å². The summed E-state index contributed by atoms with van der Waals surface area (Å²) < 4.78 is 77.3. The van der Waals surface area contributed by atoms with E-state index in [2.05, 4.69) is 4.98 Å². The van der Waals surface area contributed by atoms with Crippen molar-refractivity contribution in [3.05, 3.63) is 104 Å². The fourth-order valence-electron chi connectivity index (χ4n) is 5.27. The van der Waals surface area contributed by atoms with Crippen LogP contribution < -0.4 is 11.4 Å². The molecule has 1 aliphatic heterocycles. The molecule has 0 aliphatic carbocycles. The second-order valence-electron chi connectivity index (χ2n) is 10.3. The highest BCUT2D eigenvalue weighted by molar-refractivity contribution is 6.15. The Morgan fingerprint density at radius 1 is 0.955 bits per heavy atom. The van der Waals surface area contributed by atoms with Crippen molar-refractivity contribution in [2.24, 2.45) is 5.73 Å². The highest BCUT2D eigenvalue weighted by Gasteiger charge is 2.29. The zero-order chi connectivity index (χ0) is 31.7. The number of ketones is 1. The van der Waals surface area contributed by atoms with Crippen molar-refractivity contribution in [2.75, 3.05) is 19.7 Å². The topological polar surface area (TPSA) is 127 Å². The van der Waals surface area contributed by atoms with Gasteiger partial charge in [-0.05, 0) is 24.5 Å². The SMILES string of the molecule is NC(=O)CN(CC1CCCO1)C(=O)Cc1ccc(C(=O)c2ccccc2)c2[nH]c(=O)n(Cc3c(F)c(F)c(F)c(F)c3F)c12. The Morgan fingerprint density at radius 3 is 2.23 bits per heavy atom. The van der Waals surface area contributed by atoms with Gasteiger partial charge in [0.1, 0.15) is 0 Å². The van der Waals surface area contributed by atoms with Crippen molar-refractivity contribution in [3.8, 4) is 0 Å². The molecule has 3 N–H and O–H groups in total. The molecule has 14 heteroatoms. The average Bonchev–Trinajstić information content (AvgIpc) is 3.64. The normalized spacial score (nSPS) is 14.7. The van der Waals surface area contributed by atoms with Crippen LogP contribution >= 0.6 is 0 Å². The number of aromatic nitrogens is 2. The lowest BCUT2D eigenvalue weighted by Gasteiger charge is -2.24. The molecule has 1 saturated heterocycles. The molecule has 1 atom stereocenters. The van der Waals surface area contributed by atoms with Crippen LogP contribution in [0.15, 0.2) is 47.3 Å². The maximum atomic E-state index is 14.7. The molecule has 9 nitrogen and oxygen atoms in total. The van der Waals surface area contributed by atoms with Crippen molar-refractivity contribution < 1.29 is 41.1 Å². The molecular weight excluding hydrogens is 591 g/mol. The minimum absolute atomic E-state index is 0.0417. The number of nitrogens with one attached hydrogen (secondary N) is 1. The molecule has 5 rings (SSSR count). The molecule has 1 aromatic heterocycles. The molecule has 1 fully saturated rings. The van der Waals surface area contributed by atoms with Gasteiger partial charge in [-0.15, -0.1) is 0 Å². The molecule has 1 aliphatic rings. The summed E-state index contributed by atoms with van der Waals surface area (Å²) in [5, 5.41) is 0. The summed E-state index contributed by atoms with van der Waals surface area (Å²) in [5.74, 6) is -13.0. The minimum atomic E-state index is -2.36. The predicted octanol–water partition coefficient (Wildman–Crippen LogP) is 3.34. The van der Waals surface area contributed by atoms with Crippen molar-refractivity contribution in [1.82, 2.24) is 14.5 Å². The molecule has 0 radical (unpaired) electrons. The molecule has 2 amide bonds. The lowest BCUT2D eigenvalue weighted by Crippen LogP contribution is -2.43. The van der Waals surface area contributed by atoms with Crippen LogP contribution in [0.4, 0.5) is 22.0 Å². The number of hydrogen-bond donors (Lipinski definition) is 2. The van der Waals surface area contributed by atoms with Crippen LogP contribution in [0.3, 0.4) is 0 Å². The zero-order valence-corrected chi connectivity index (χ0v) is 23.0. The fourth-order valence-corrected chi connectivity index (χ4v) is 5.27. The number of aromatic amines is 1. The molecule has 2 heterocycles.